The van der Waals surface area contributed by atoms with Gasteiger partial charge >= 0.3 is 0 Å². The van der Waals surface area contributed by atoms with Crippen molar-refractivity contribution >= 4 is 17.1 Å². The molecule has 1 amide bonds. The molecule has 0 radical (unpaired) electrons. The van der Waals surface area contributed by atoms with E-state index in [2.05, 4.69) is 33.3 Å². The van der Waals surface area contributed by atoms with Gasteiger partial charge in [0.1, 0.15) is 17.1 Å². The Morgan fingerprint density at radius 1 is 1.19 bits per heavy atom. The fraction of sp³-hybridized carbons (Fsp3) is 0.250. The van der Waals surface area contributed by atoms with Crippen LogP contribution >= 0.6 is 0 Å². The zero-order chi connectivity index (χ0) is 21.5. The fourth-order valence-corrected chi connectivity index (χ4v) is 4.09. The first-order chi connectivity index (χ1) is 15.0. The van der Waals surface area contributed by atoms with E-state index in [1.165, 1.54) is 0 Å². The lowest BCUT2D eigenvalue weighted by molar-refractivity contribution is 0.0926. The minimum absolute atomic E-state index is 0.152. The molecule has 5 rings (SSSR count). The Balaban J connectivity index is 1.49. The highest BCUT2D eigenvalue weighted by Gasteiger charge is 2.26. The minimum atomic E-state index is -0.161. The standard InChI is InChI=1S/C24H23N5O2/c1-14-6-9-25-13-19(14)16-4-5-21-18(12-16)20(8-11-31-21)28-24(30)17-7-10-26-23-22(17)27-15(2)29(23)3/h4-7,9-10,12-13,20H,8,11H2,1-3H3,(H,28,30). The number of rotatable bonds is 3. The summed E-state index contributed by atoms with van der Waals surface area (Å²) in [7, 11) is 1.90. The number of ether oxygens (including phenoxy) is 1. The molecule has 7 nitrogen and oxygen atoms in total. The highest BCUT2D eigenvalue weighted by molar-refractivity contribution is 6.04. The summed E-state index contributed by atoms with van der Waals surface area (Å²) in [6, 6.07) is 9.67. The van der Waals surface area contributed by atoms with Gasteiger partial charge in [0.05, 0.1) is 18.2 Å². The number of benzene rings is 1. The quantitative estimate of drug-likeness (QED) is 0.551. The first kappa shape index (κ1) is 19.2. The number of pyridine rings is 2. The summed E-state index contributed by atoms with van der Waals surface area (Å²) < 4.78 is 7.75. The Hall–Kier alpha value is -3.74. The molecule has 0 fully saturated rings. The Labute approximate surface area is 180 Å². The second kappa shape index (κ2) is 7.50. The number of hydrogen-bond acceptors (Lipinski definition) is 5. The third-order valence-electron chi connectivity index (χ3n) is 5.93. The van der Waals surface area contributed by atoms with Crippen LogP contribution in [-0.4, -0.2) is 32.0 Å². The van der Waals surface area contributed by atoms with Crippen molar-refractivity contribution in [2.45, 2.75) is 26.3 Å². The topological polar surface area (TPSA) is 81.9 Å². The van der Waals surface area contributed by atoms with Crippen molar-refractivity contribution in [3.63, 3.8) is 0 Å². The summed E-state index contributed by atoms with van der Waals surface area (Å²) >= 11 is 0. The van der Waals surface area contributed by atoms with Gasteiger partial charge in [-0.1, -0.05) is 6.07 Å². The van der Waals surface area contributed by atoms with Crippen molar-refractivity contribution in [1.29, 1.82) is 0 Å². The van der Waals surface area contributed by atoms with E-state index in [1.807, 2.05) is 42.9 Å². The van der Waals surface area contributed by atoms with E-state index in [0.29, 0.717) is 29.8 Å². The predicted octanol–water partition coefficient (Wildman–Crippen LogP) is 3.90. The summed E-state index contributed by atoms with van der Waals surface area (Å²) in [5, 5.41) is 3.19. The average molecular weight is 413 g/mol. The first-order valence-corrected chi connectivity index (χ1v) is 10.3. The van der Waals surface area contributed by atoms with Gasteiger partial charge in [0.2, 0.25) is 0 Å². The number of imidazole rings is 1. The molecule has 1 aliphatic heterocycles. The molecule has 0 bridgehead atoms. The molecule has 0 aliphatic carbocycles. The number of nitrogens with zero attached hydrogens (tertiary/aromatic N) is 4. The van der Waals surface area contributed by atoms with Crippen molar-refractivity contribution in [3.8, 4) is 16.9 Å². The zero-order valence-electron chi connectivity index (χ0n) is 17.7. The molecular formula is C24H23N5O2. The van der Waals surface area contributed by atoms with E-state index < -0.39 is 0 Å². The monoisotopic (exact) mass is 413 g/mol. The van der Waals surface area contributed by atoms with Crippen LogP contribution in [0.1, 0.15) is 39.8 Å². The molecule has 7 heteroatoms. The number of carbonyl (C=O) groups excluding carboxylic acids is 1. The van der Waals surface area contributed by atoms with Gasteiger partial charge in [-0.05, 0) is 49.2 Å². The zero-order valence-corrected chi connectivity index (χ0v) is 17.7. The van der Waals surface area contributed by atoms with Gasteiger partial charge in [-0.3, -0.25) is 9.78 Å². The van der Waals surface area contributed by atoms with E-state index in [-0.39, 0.29) is 11.9 Å². The number of nitrogens with one attached hydrogen (secondary N) is 1. The van der Waals surface area contributed by atoms with Gasteiger partial charge in [0.25, 0.3) is 5.91 Å². The SMILES string of the molecule is Cc1ccncc1-c1ccc2c(c1)C(NC(=O)c1ccnc3c1nc(C)n3C)CCO2. The number of carbonyl (C=O) groups is 1. The molecule has 1 N–H and O–H groups in total. The Kier molecular flexibility index (Phi) is 4.66. The molecule has 4 heterocycles. The highest BCUT2D eigenvalue weighted by Crippen LogP contribution is 2.36. The number of aromatic nitrogens is 4. The smallest absolute Gasteiger partial charge is 0.254 e. The molecule has 0 saturated heterocycles. The first-order valence-electron chi connectivity index (χ1n) is 10.3. The van der Waals surface area contributed by atoms with Crippen LogP contribution in [0.2, 0.25) is 0 Å². The largest absolute Gasteiger partial charge is 0.493 e. The van der Waals surface area contributed by atoms with Crippen LogP contribution in [0, 0.1) is 13.8 Å². The summed E-state index contributed by atoms with van der Waals surface area (Å²) in [5.41, 5.74) is 6.10. The molecule has 0 spiro atoms. The predicted molar refractivity (Wildman–Crippen MR) is 118 cm³/mol. The van der Waals surface area contributed by atoms with Crippen LogP contribution in [0.25, 0.3) is 22.3 Å². The molecule has 3 aromatic heterocycles. The molecular weight excluding hydrogens is 390 g/mol. The van der Waals surface area contributed by atoms with E-state index in [0.717, 1.165) is 33.8 Å². The second-order valence-electron chi connectivity index (χ2n) is 7.86. The van der Waals surface area contributed by atoms with Gasteiger partial charge in [-0.2, -0.15) is 0 Å². The average Bonchev–Trinajstić information content (AvgIpc) is 3.08. The summed E-state index contributed by atoms with van der Waals surface area (Å²) in [6.07, 6.45) is 6.01. The van der Waals surface area contributed by atoms with Crippen LogP contribution in [0.4, 0.5) is 0 Å². The van der Waals surface area contributed by atoms with Crippen LogP contribution in [0.15, 0.2) is 48.9 Å². The van der Waals surface area contributed by atoms with Gasteiger partial charge in [-0.15, -0.1) is 0 Å². The Morgan fingerprint density at radius 2 is 2.06 bits per heavy atom. The molecule has 1 unspecified atom stereocenters. The summed E-state index contributed by atoms with van der Waals surface area (Å²) in [4.78, 5) is 26.4. The number of amides is 1. The van der Waals surface area contributed by atoms with Gasteiger partial charge < -0.3 is 14.6 Å². The number of fused-ring (bicyclic) bond motifs is 2. The van der Waals surface area contributed by atoms with E-state index >= 15 is 0 Å². The minimum Gasteiger partial charge on any atom is -0.493 e. The maximum atomic E-state index is 13.2. The van der Waals surface area contributed by atoms with E-state index in [9.17, 15) is 4.79 Å². The maximum absolute atomic E-state index is 13.2. The number of aryl methyl sites for hydroxylation is 3. The molecule has 1 aliphatic rings. The lowest BCUT2D eigenvalue weighted by Gasteiger charge is -2.27. The summed E-state index contributed by atoms with van der Waals surface area (Å²) in [5.74, 6) is 1.46. The molecule has 1 aromatic carbocycles. The molecule has 4 aromatic rings. The highest BCUT2D eigenvalue weighted by atomic mass is 16.5. The van der Waals surface area contributed by atoms with Crippen LogP contribution in [0.3, 0.4) is 0 Å². The molecule has 0 saturated carbocycles. The lowest BCUT2D eigenvalue weighted by Crippen LogP contribution is -2.32. The van der Waals surface area contributed by atoms with E-state index in [1.54, 1.807) is 18.5 Å². The van der Waals surface area contributed by atoms with Crippen LogP contribution < -0.4 is 10.1 Å². The molecule has 1 atom stereocenters. The van der Waals surface area contributed by atoms with Crippen molar-refractivity contribution in [2.24, 2.45) is 7.05 Å². The normalized spacial score (nSPS) is 15.4. The van der Waals surface area contributed by atoms with Crippen LogP contribution in [-0.2, 0) is 7.05 Å². The van der Waals surface area contributed by atoms with Gasteiger partial charge in [0, 0.05) is 43.2 Å². The van der Waals surface area contributed by atoms with Crippen molar-refractivity contribution < 1.29 is 9.53 Å². The van der Waals surface area contributed by atoms with E-state index in [4.69, 9.17) is 4.74 Å². The molecule has 31 heavy (non-hydrogen) atoms. The number of hydrogen-bond donors (Lipinski definition) is 1. The van der Waals surface area contributed by atoms with Crippen molar-refractivity contribution in [1.82, 2.24) is 24.8 Å². The second-order valence-corrected chi connectivity index (χ2v) is 7.86. The third kappa shape index (κ3) is 3.32. The van der Waals surface area contributed by atoms with Crippen LogP contribution in [0.5, 0.6) is 5.75 Å². The van der Waals surface area contributed by atoms with Crippen molar-refractivity contribution in [2.75, 3.05) is 6.61 Å². The third-order valence-corrected chi connectivity index (χ3v) is 5.93. The van der Waals surface area contributed by atoms with Gasteiger partial charge in [-0.25, -0.2) is 9.97 Å². The van der Waals surface area contributed by atoms with Gasteiger partial charge in [0.15, 0.2) is 5.65 Å². The van der Waals surface area contributed by atoms with Crippen molar-refractivity contribution in [3.05, 3.63) is 71.4 Å². The Morgan fingerprint density at radius 3 is 2.90 bits per heavy atom. The summed E-state index contributed by atoms with van der Waals surface area (Å²) in [6.45, 7) is 4.52. The molecule has 156 valence electrons. The Bertz CT molecular complexity index is 1310. The lowest BCUT2D eigenvalue weighted by atomic mass is 9.94. The maximum Gasteiger partial charge on any atom is 0.254 e. The fourth-order valence-electron chi connectivity index (χ4n) is 4.09.